The minimum atomic E-state index is -0.497. The van der Waals surface area contributed by atoms with Crippen LogP contribution < -0.4 is 5.32 Å². The van der Waals surface area contributed by atoms with Gasteiger partial charge in [-0.3, -0.25) is 19.7 Å². The molecule has 1 aliphatic heterocycles. The molecule has 1 aromatic rings. The van der Waals surface area contributed by atoms with Crippen molar-refractivity contribution in [1.29, 1.82) is 0 Å². The number of hydrogen-bond acceptors (Lipinski definition) is 5. The second kappa shape index (κ2) is 3.52. The van der Waals surface area contributed by atoms with E-state index in [0.717, 1.165) is 4.90 Å². The highest BCUT2D eigenvalue weighted by Crippen LogP contribution is 2.03. The summed E-state index contributed by atoms with van der Waals surface area (Å²) < 4.78 is 4.50. The van der Waals surface area contributed by atoms with Crippen LogP contribution in [0.25, 0.3) is 0 Å². The zero-order valence-electron chi connectivity index (χ0n) is 7.60. The molecule has 0 unspecified atom stereocenters. The van der Waals surface area contributed by atoms with Crippen LogP contribution in [0.5, 0.6) is 0 Å². The molecule has 0 atom stereocenters. The first-order chi connectivity index (χ1) is 7.16. The van der Waals surface area contributed by atoms with Crippen LogP contribution in [-0.2, 0) is 9.59 Å². The van der Waals surface area contributed by atoms with Gasteiger partial charge in [0.2, 0.25) is 11.8 Å². The van der Waals surface area contributed by atoms with Gasteiger partial charge in [-0.05, 0) is 0 Å². The highest BCUT2D eigenvalue weighted by Gasteiger charge is 2.28. The molecular weight excluding hydrogens is 202 g/mol. The summed E-state index contributed by atoms with van der Waals surface area (Å²) in [6, 6.07) is 1.37. The van der Waals surface area contributed by atoms with Crippen LogP contribution in [0.15, 0.2) is 16.9 Å². The van der Waals surface area contributed by atoms with Crippen LogP contribution in [0.1, 0.15) is 10.5 Å². The Hall–Kier alpha value is -2.18. The SMILES string of the molecule is O=C1CN(C(=O)c2ccon2)CC(=O)N1. The lowest BCUT2D eigenvalue weighted by Crippen LogP contribution is -2.53. The van der Waals surface area contributed by atoms with E-state index < -0.39 is 17.7 Å². The van der Waals surface area contributed by atoms with Crippen molar-refractivity contribution in [3.63, 3.8) is 0 Å². The Morgan fingerprint density at radius 3 is 2.60 bits per heavy atom. The minimum absolute atomic E-state index is 0.0810. The predicted octanol–water partition coefficient (Wildman–Crippen LogP) is -1.23. The van der Waals surface area contributed by atoms with E-state index in [9.17, 15) is 14.4 Å². The molecule has 2 heterocycles. The maximum Gasteiger partial charge on any atom is 0.276 e. The van der Waals surface area contributed by atoms with Gasteiger partial charge < -0.3 is 9.42 Å². The van der Waals surface area contributed by atoms with E-state index in [2.05, 4.69) is 15.0 Å². The molecule has 3 amide bonds. The summed E-state index contributed by atoms with van der Waals surface area (Å²) in [7, 11) is 0. The lowest BCUT2D eigenvalue weighted by Gasteiger charge is -2.24. The minimum Gasteiger partial charge on any atom is -0.364 e. The molecule has 0 aliphatic carbocycles. The zero-order valence-corrected chi connectivity index (χ0v) is 7.60. The molecule has 0 aromatic carbocycles. The van der Waals surface area contributed by atoms with Crippen LogP contribution in [0.2, 0.25) is 0 Å². The van der Waals surface area contributed by atoms with Gasteiger partial charge in [0.05, 0.1) is 0 Å². The summed E-state index contributed by atoms with van der Waals surface area (Å²) in [5.74, 6) is -1.49. The largest absolute Gasteiger partial charge is 0.364 e. The molecule has 2 rings (SSSR count). The number of nitrogens with one attached hydrogen (secondary N) is 1. The highest BCUT2D eigenvalue weighted by molar-refractivity contribution is 6.05. The fourth-order valence-corrected chi connectivity index (χ4v) is 1.27. The van der Waals surface area contributed by atoms with Gasteiger partial charge in [-0.2, -0.15) is 0 Å². The molecule has 0 saturated carbocycles. The summed E-state index contributed by atoms with van der Waals surface area (Å²) in [5, 5.41) is 5.53. The van der Waals surface area contributed by atoms with Crippen molar-refractivity contribution in [2.24, 2.45) is 0 Å². The summed E-state index contributed by atoms with van der Waals surface area (Å²) in [6.07, 6.45) is 1.25. The molecule has 0 bridgehead atoms. The molecule has 7 heteroatoms. The summed E-state index contributed by atoms with van der Waals surface area (Å²) in [5.41, 5.74) is 0.0810. The van der Waals surface area contributed by atoms with Gasteiger partial charge in [0, 0.05) is 6.07 Å². The lowest BCUT2D eigenvalue weighted by atomic mass is 10.3. The molecule has 15 heavy (non-hydrogen) atoms. The fourth-order valence-electron chi connectivity index (χ4n) is 1.27. The van der Waals surface area contributed by atoms with E-state index in [1.807, 2.05) is 0 Å². The standard InChI is InChI=1S/C8H7N3O4/c12-6-3-11(4-7(13)9-6)8(14)5-1-2-15-10-5/h1-2H,3-4H2,(H,9,12,13). The van der Waals surface area contributed by atoms with Gasteiger partial charge in [0.15, 0.2) is 5.69 Å². The third-order valence-corrected chi connectivity index (χ3v) is 1.89. The maximum absolute atomic E-state index is 11.6. The van der Waals surface area contributed by atoms with Gasteiger partial charge >= 0.3 is 0 Å². The van der Waals surface area contributed by atoms with Crippen molar-refractivity contribution in [2.45, 2.75) is 0 Å². The maximum atomic E-state index is 11.6. The van der Waals surface area contributed by atoms with Crippen LogP contribution in [-0.4, -0.2) is 40.9 Å². The molecule has 1 fully saturated rings. The monoisotopic (exact) mass is 209 g/mol. The number of nitrogens with zero attached hydrogens (tertiary/aromatic N) is 2. The molecule has 78 valence electrons. The molecule has 0 radical (unpaired) electrons. The first-order valence-corrected chi connectivity index (χ1v) is 4.19. The number of imide groups is 1. The summed E-state index contributed by atoms with van der Waals surface area (Å²) in [4.78, 5) is 34.7. The summed E-state index contributed by atoms with van der Waals surface area (Å²) >= 11 is 0. The van der Waals surface area contributed by atoms with Crippen LogP contribution in [0.3, 0.4) is 0 Å². The van der Waals surface area contributed by atoms with E-state index in [1.165, 1.54) is 12.3 Å². The Morgan fingerprint density at radius 2 is 2.07 bits per heavy atom. The third-order valence-electron chi connectivity index (χ3n) is 1.89. The quantitative estimate of drug-likeness (QED) is 0.585. The zero-order chi connectivity index (χ0) is 10.8. The Kier molecular flexibility index (Phi) is 2.20. The number of piperazine rings is 1. The Bertz CT molecular complexity index is 396. The predicted molar refractivity (Wildman–Crippen MR) is 45.6 cm³/mol. The number of carbonyl (C=O) groups excluding carboxylic acids is 3. The topological polar surface area (TPSA) is 92.5 Å². The average Bonchev–Trinajstić information content (AvgIpc) is 2.67. The van der Waals surface area contributed by atoms with Crippen molar-refractivity contribution < 1.29 is 18.9 Å². The molecular formula is C8H7N3O4. The van der Waals surface area contributed by atoms with E-state index in [1.54, 1.807) is 0 Å². The van der Waals surface area contributed by atoms with Crippen LogP contribution in [0.4, 0.5) is 0 Å². The van der Waals surface area contributed by atoms with Crippen molar-refractivity contribution in [3.05, 3.63) is 18.0 Å². The average molecular weight is 209 g/mol. The van der Waals surface area contributed by atoms with E-state index >= 15 is 0 Å². The Balaban J connectivity index is 2.14. The van der Waals surface area contributed by atoms with E-state index in [0.29, 0.717) is 0 Å². The number of carbonyl (C=O) groups is 3. The second-order valence-corrected chi connectivity index (χ2v) is 3.02. The Labute approximate surface area is 84.0 Å². The number of aromatic nitrogens is 1. The molecule has 7 nitrogen and oxygen atoms in total. The normalized spacial score (nSPS) is 16.4. The van der Waals surface area contributed by atoms with Gasteiger partial charge in [0.25, 0.3) is 5.91 Å². The van der Waals surface area contributed by atoms with Gasteiger partial charge in [0.1, 0.15) is 19.4 Å². The van der Waals surface area contributed by atoms with Crippen LogP contribution >= 0.6 is 0 Å². The van der Waals surface area contributed by atoms with Gasteiger partial charge in [-0.15, -0.1) is 0 Å². The Morgan fingerprint density at radius 1 is 1.40 bits per heavy atom. The smallest absolute Gasteiger partial charge is 0.276 e. The number of hydrogen-bond donors (Lipinski definition) is 1. The van der Waals surface area contributed by atoms with E-state index in [4.69, 9.17) is 0 Å². The fraction of sp³-hybridized carbons (Fsp3) is 0.250. The van der Waals surface area contributed by atoms with Gasteiger partial charge in [-0.25, -0.2) is 0 Å². The third kappa shape index (κ3) is 1.85. The lowest BCUT2D eigenvalue weighted by molar-refractivity contribution is -0.135. The van der Waals surface area contributed by atoms with Crippen molar-refractivity contribution in [2.75, 3.05) is 13.1 Å². The van der Waals surface area contributed by atoms with Crippen molar-refractivity contribution >= 4 is 17.7 Å². The highest BCUT2D eigenvalue weighted by atomic mass is 16.5. The van der Waals surface area contributed by atoms with Crippen molar-refractivity contribution in [1.82, 2.24) is 15.4 Å². The molecule has 1 aromatic heterocycles. The second-order valence-electron chi connectivity index (χ2n) is 3.02. The van der Waals surface area contributed by atoms with Crippen molar-refractivity contribution in [3.8, 4) is 0 Å². The van der Waals surface area contributed by atoms with E-state index in [-0.39, 0.29) is 18.8 Å². The molecule has 1 aliphatic rings. The first kappa shape index (κ1) is 9.38. The number of rotatable bonds is 1. The summed E-state index contributed by atoms with van der Waals surface area (Å²) in [6.45, 7) is -0.283. The molecule has 0 spiro atoms. The van der Waals surface area contributed by atoms with Gasteiger partial charge in [-0.1, -0.05) is 5.16 Å². The first-order valence-electron chi connectivity index (χ1n) is 4.19. The van der Waals surface area contributed by atoms with Crippen LogP contribution in [0, 0.1) is 0 Å². The number of amides is 3. The molecule has 1 N–H and O–H groups in total. The molecule has 1 saturated heterocycles.